The average Bonchev–Trinajstić information content (AvgIpc) is 3.54. The lowest BCUT2D eigenvalue weighted by atomic mass is 9.87. The number of hydrogen-bond acceptors (Lipinski definition) is 6. The fourth-order valence-electron chi connectivity index (χ4n) is 4.88. The number of carbonyl (C=O) groups is 1. The minimum Gasteiger partial charge on any atom is -0.508 e. The van der Waals surface area contributed by atoms with Crippen molar-refractivity contribution >= 4 is 27.8 Å². The van der Waals surface area contributed by atoms with Crippen LogP contribution in [0.4, 0.5) is 0 Å². The van der Waals surface area contributed by atoms with Crippen LogP contribution >= 0.6 is 0 Å². The van der Waals surface area contributed by atoms with Gasteiger partial charge in [-0.2, -0.15) is 0 Å². The maximum atomic E-state index is 13.4. The Bertz CT molecular complexity index is 1690. The van der Waals surface area contributed by atoms with Crippen LogP contribution in [0.5, 0.6) is 17.2 Å². The van der Waals surface area contributed by atoms with Gasteiger partial charge in [0.1, 0.15) is 11.3 Å². The molecule has 186 valence electrons. The molecule has 5 aromatic rings. The average molecular weight is 497 g/mol. The summed E-state index contributed by atoms with van der Waals surface area (Å²) in [7, 11) is 0. The third-order valence-electron chi connectivity index (χ3n) is 6.76. The predicted octanol–water partition coefficient (Wildman–Crippen LogP) is 4.59. The van der Waals surface area contributed by atoms with Crippen LogP contribution in [-0.4, -0.2) is 29.3 Å². The minimum absolute atomic E-state index is 0.0370. The summed E-state index contributed by atoms with van der Waals surface area (Å²) in [4.78, 5) is 29.8. The molecule has 0 saturated heterocycles. The van der Waals surface area contributed by atoms with Gasteiger partial charge in [-0.3, -0.25) is 9.59 Å². The van der Waals surface area contributed by atoms with E-state index >= 15 is 0 Å². The number of fused-ring (bicyclic) bond motifs is 3. The lowest BCUT2D eigenvalue weighted by Crippen LogP contribution is -2.28. The molecule has 0 spiro atoms. The smallest absolute Gasteiger partial charge is 0.231 e. The number of aromatic nitrogens is 1. The Hall–Kier alpha value is -4.72. The molecule has 0 unspecified atom stereocenters. The Morgan fingerprint density at radius 3 is 2.62 bits per heavy atom. The number of aromatic hydroxyl groups is 1. The van der Waals surface area contributed by atoms with E-state index in [-0.39, 0.29) is 35.9 Å². The van der Waals surface area contributed by atoms with Gasteiger partial charge in [0.2, 0.25) is 12.7 Å². The molecule has 8 nitrogen and oxygen atoms in total. The number of rotatable bonds is 7. The largest absolute Gasteiger partial charge is 0.508 e. The molecular weight excluding hydrogens is 472 g/mol. The SMILES string of the molecule is O=C(C[C@@H](c1cc2c(cc1O)OCO2)c1coc2ccccc2c1=O)NCCc1c[nH]c2ccccc12. The number of H-pyrrole nitrogens is 1. The van der Waals surface area contributed by atoms with Gasteiger partial charge in [-0.05, 0) is 36.2 Å². The summed E-state index contributed by atoms with van der Waals surface area (Å²) in [5.41, 5.74) is 3.02. The lowest BCUT2D eigenvalue weighted by molar-refractivity contribution is -0.121. The number of carbonyl (C=O) groups excluding carboxylic acids is 1. The van der Waals surface area contributed by atoms with Gasteiger partial charge in [-0.25, -0.2) is 0 Å². The van der Waals surface area contributed by atoms with Gasteiger partial charge >= 0.3 is 0 Å². The van der Waals surface area contributed by atoms with Crippen LogP contribution in [0.15, 0.2) is 82.3 Å². The summed E-state index contributed by atoms with van der Waals surface area (Å²) in [6.45, 7) is 0.460. The van der Waals surface area contributed by atoms with Crippen molar-refractivity contribution in [3.05, 3.63) is 100 Å². The molecule has 1 aliphatic rings. The molecule has 0 saturated carbocycles. The maximum absolute atomic E-state index is 13.4. The summed E-state index contributed by atoms with van der Waals surface area (Å²) >= 11 is 0. The first-order valence-electron chi connectivity index (χ1n) is 12.0. The third-order valence-corrected chi connectivity index (χ3v) is 6.76. The van der Waals surface area contributed by atoms with E-state index in [4.69, 9.17) is 13.9 Å². The van der Waals surface area contributed by atoms with Gasteiger partial charge < -0.3 is 29.3 Å². The van der Waals surface area contributed by atoms with E-state index < -0.39 is 5.92 Å². The number of nitrogens with one attached hydrogen (secondary N) is 2. The van der Waals surface area contributed by atoms with Crippen LogP contribution in [0.3, 0.4) is 0 Å². The van der Waals surface area contributed by atoms with Gasteiger partial charge in [0.25, 0.3) is 0 Å². The number of para-hydroxylation sites is 2. The van der Waals surface area contributed by atoms with Gasteiger partial charge in [0.05, 0.1) is 11.6 Å². The summed E-state index contributed by atoms with van der Waals surface area (Å²) in [5.74, 6) is -0.247. The van der Waals surface area contributed by atoms with E-state index in [0.29, 0.717) is 41.0 Å². The molecular formula is C29H24N2O6. The highest BCUT2D eigenvalue weighted by molar-refractivity contribution is 5.83. The first kappa shape index (κ1) is 22.7. The summed E-state index contributed by atoms with van der Waals surface area (Å²) in [6.07, 6.45) is 3.90. The van der Waals surface area contributed by atoms with E-state index in [1.165, 1.54) is 12.3 Å². The standard InChI is InChI=1S/C29H24N2O6/c32-24-13-27-26(36-16-37-27)11-21(24)20(22-15-35-25-8-4-2-6-19(25)29(22)34)12-28(33)30-10-9-17-14-31-23-7-3-1-5-18(17)23/h1-8,11,13-15,20,31-32H,9-10,12,16H2,(H,30,33)/t20-/m0/s1. The molecule has 1 atom stereocenters. The molecule has 37 heavy (non-hydrogen) atoms. The number of aromatic amines is 1. The molecule has 0 aliphatic carbocycles. The molecule has 0 radical (unpaired) electrons. The third kappa shape index (κ3) is 4.27. The number of phenolic OH excluding ortho intramolecular Hbond substituents is 1. The number of amides is 1. The molecule has 2 aromatic heterocycles. The number of hydrogen-bond donors (Lipinski definition) is 3. The molecule has 6 rings (SSSR count). The van der Waals surface area contributed by atoms with Crippen molar-refractivity contribution in [3.63, 3.8) is 0 Å². The molecule has 1 amide bonds. The molecule has 0 bridgehead atoms. The molecule has 1 aliphatic heterocycles. The van der Waals surface area contributed by atoms with E-state index in [2.05, 4.69) is 10.3 Å². The van der Waals surface area contributed by atoms with Crippen LogP contribution in [0.1, 0.15) is 29.0 Å². The monoisotopic (exact) mass is 496 g/mol. The van der Waals surface area contributed by atoms with Gasteiger partial charge in [0, 0.05) is 53.2 Å². The van der Waals surface area contributed by atoms with Crippen LogP contribution in [0.2, 0.25) is 0 Å². The van der Waals surface area contributed by atoms with Gasteiger partial charge in [-0.15, -0.1) is 0 Å². The Kier molecular flexibility index (Phi) is 5.76. The fraction of sp³-hybridized carbons (Fsp3) is 0.172. The number of phenols is 1. The van der Waals surface area contributed by atoms with E-state index in [9.17, 15) is 14.7 Å². The quantitative estimate of drug-likeness (QED) is 0.304. The maximum Gasteiger partial charge on any atom is 0.231 e. The topological polar surface area (TPSA) is 114 Å². The predicted molar refractivity (Wildman–Crippen MR) is 138 cm³/mol. The highest BCUT2D eigenvalue weighted by Gasteiger charge is 2.28. The van der Waals surface area contributed by atoms with Crippen molar-refractivity contribution in [1.82, 2.24) is 10.3 Å². The molecule has 3 heterocycles. The highest BCUT2D eigenvalue weighted by atomic mass is 16.7. The summed E-state index contributed by atoms with van der Waals surface area (Å²) in [6, 6.07) is 18.0. The molecule has 3 aromatic carbocycles. The zero-order valence-corrected chi connectivity index (χ0v) is 19.8. The molecule has 8 heteroatoms. The summed E-state index contributed by atoms with van der Waals surface area (Å²) < 4.78 is 16.6. The normalized spacial score (nSPS) is 13.2. The van der Waals surface area contributed by atoms with Crippen molar-refractivity contribution in [1.29, 1.82) is 0 Å². The second-order valence-corrected chi connectivity index (χ2v) is 9.00. The first-order chi connectivity index (χ1) is 18.1. The lowest BCUT2D eigenvalue weighted by Gasteiger charge is -2.19. The van der Waals surface area contributed by atoms with Crippen molar-refractivity contribution < 1.29 is 23.8 Å². The second-order valence-electron chi connectivity index (χ2n) is 9.00. The van der Waals surface area contributed by atoms with Crippen molar-refractivity contribution in [2.24, 2.45) is 0 Å². The first-order valence-corrected chi connectivity index (χ1v) is 12.0. The van der Waals surface area contributed by atoms with Crippen LogP contribution in [0.25, 0.3) is 21.9 Å². The van der Waals surface area contributed by atoms with Gasteiger partial charge in [0.15, 0.2) is 16.9 Å². The molecule has 0 fully saturated rings. The van der Waals surface area contributed by atoms with Crippen molar-refractivity contribution in [3.8, 4) is 17.2 Å². The summed E-state index contributed by atoms with van der Waals surface area (Å²) in [5, 5.41) is 15.3. The Balaban J connectivity index is 1.29. The van der Waals surface area contributed by atoms with Crippen LogP contribution < -0.4 is 20.2 Å². The van der Waals surface area contributed by atoms with Crippen molar-refractivity contribution in [2.45, 2.75) is 18.8 Å². The Labute approximate surface area is 211 Å². The highest BCUT2D eigenvalue weighted by Crippen LogP contribution is 2.42. The van der Waals surface area contributed by atoms with E-state index in [1.54, 1.807) is 30.3 Å². The van der Waals surface area contributed by atoms with Crippen LogP contribution in [0, 0.1) is 0 Å². The fourth-order valence-corrected chi connectivity index (χ4v) is 4.88. The van der Waals surface area contributed by atoms with E-state index in [1.807, 2.05) is 30.5 Å². The number of benzene rings is 3. The Morgan fingerprint density at radius 1 is 1.00 bits per heavy atom. The zero-order chi connectivity index (χ0) is 25.4. The molecule has 3 N–H and O–H groups in total. The van der Waals surface area contributed by atoms with E-state index in [0.717, 1.165) is 16.5 Å². The van der Waals surface area contributed by atoms with Crippen LogP contribution in [-0.2, 0) is 11.2 Å². The second kappa shape index (κ2) is 9.39. The number of ether oxygens (including phenoxy) is 2. The zero-order valence-electron chi connectivity index (χ0n) is 19.8. The Morgan fingerprint density at radius 2 is 1.76 bits per heavy atom. The van der Waals surface area contributed by atoms with Gasteiger partial charge in [-0.1, -0.05) is 30.3 Å². The van der Waals surface area contributed by atoms with Crippen molar-refractivity contribution in [2.75, 3.05) is 13.3 Å². The minimum atomic E-state index is -0.761.